The van der Waals surface area contributed by atoms with Gasteiger partial charge in [0.2, 0.25) is 15.7 Å². The summed E-state index contributed by atoms with van der Waals surface area (Å²) in [5.74, 6) is -0.148. The second kappa shape index (κ2) is 10.2. The number of benzene rings is 1. The van der Waals surface area contributed by atoms with E-state index in [0.717, 1.165) is 38.2 Å². The van der Waals surface area contributed by atoms with Gasteiger partial charge in [-0.2, -0.15) is 15.0 Å². The molecule has 0 aliphatic carbocycles. The molecular formula is C18H20Cl3F3N6O. The van der Waals surface area contributed by atoms with Crippen molar-refractivity contribution >= 4 is 52.4 Å². The van der Waals surface area contributed by atoms with E-state index in [2.05, 4.69) is 35.2 Å². The first-order valence-electron chi connectivity index (χ1n) is 9.51. The van der Waals surface area contributed by atoms with E-state index in [1.165, 1.54) is 25.0 Å². The number of nitrogens with zero attached hydrogens (tertiary/aromatic N) is 4. The molecule has 13 heteroatoms. The molecule has 0 spiro atoms. The molecule has 1 saturated heterocycles. The van der Waals surface area contributed by atoms with Gasteiger partial charge in [-0.25, -0.2) is 0 Å². The van der Waals surface area contributed by atoms with Crippen LogP contribution in [0.1, 0.15) is 25.1 Å². The Morgan fingerprint density at radius 3 is 2.23 bits per heavy atom. The molecule has 0 radical (unpaired) electrons. The van der Waals surface area contributed by atoms with Gasteiger partial charge in [0.25, 0.3) is 0 Å². The fourth-order valence-electron chi connectivity index (χ4n) is 3.02. The van der Waals surface area contributed by atoms with Crippen LogP contribution in [0.5, 0.6) is 5.75 Å². The van der Waals surface area contributed by atoms with Gasteiger partial charge in [0, 0.05) is 12.2 Å². The zero-order chi connectivity index (χ0) is 22.5. The van der Waals surface area contributed by atoms with Crippen LogP contribution < -0.4 is 15.4 Å². The number of hydrogen-bond donors (Lipinski definition) is 2. The van der Waals surface area contributed by atoms with Crippen LogP contribution in [0.25, 0.3) is 0 Å². The lowest BCUT2D eigenvalue weighted by Crippen LogP contribution is -2.23. The Morgan fingerprint density at radius 2 is 1.61 bits per heavy atom. The molecule has 0 saturated carbocycles. The van der Waals surface area contributed by atoms with E-state index in [9.17, 15) is 13.2 Å². The highest BCUT2D eigenvalue weighted by Crippen LogP contribution is 2.36. The van der Waals surface area contributed by atoms with Crippen molar-refractivity contribution in [3.05, 3.63) is 30.1 Å². The zero-order valence-corrected chi connectivity index (χ0v) is 18.5. The molecule has 2 aromatic rings. The molecule has 7 nitrogen and oxygen atoms in total. The summed E-state index contributed by atoms with van der Waals surface area (Å²) in [6, 6.07) is 5.07. The number of nitrogens with one attached hydrogen (secondary N) is 2. The first kappa shape index (κ1) is 23.9. The molecule has 0 amide bonds. The van der Waals surface area contributed by atoms with Gasteiger partial charge in [-0.15, -0.1) is 13.2 Å². The standard InChI is InChI=1S/C18H20Cl3F3N6O/c19-17(20,21)14-27-15(25-8-3-11-30-9-1-2-10-30)29-16(28-14)26-12-4-6-13(7-5-12)31-18(22,23)24/h4-7H,1-3,8-11H2,(H2,25,26,27,28,29). The quantitative estimate of drug-likeness (QED) is 0.380. The van der Waals surface area contributed by atoms with E-state index in [-0.39, 0.29) is 23.5 Å². The van der Waals surface area contributed by atoms with Crippen LogP contribution in [0.3, 0.4) is 0 Å². The number of likely N-dealkylation sites (tertiary alicyclic amines) is 1. The van der Waals surface area contributed by atoms with Crippen LogP contribution in [0.4, 0.5) is 30.8 Å². The topological polar surface area (TPSA) is 75.2 Å². The number of halogens is 6. The highest BCUT2D eigenvalue weighted by atomic mass is 35.6. The van der Waals surface area contributed by atoms with Crippen molar-refractivity contribution in [1.82, 2.24) is 19.9 Å². The minimum atomic E-state index is -4.77. The fraction of sp³-hybridized carbons (Fsp3) is 0.500. The Kier molecular flexibility index (Phi) is 7.90. The number of aromatic nitrogens is 3. The molecular weight excluding hydrogens is 480 g/mol. The third-order valence-corrected chi connectivity index (χ3v) is 4.87. The smallest absolute Gasteiger partial charge is 0.406 e. The second-order valence-corrected chi connectivity index (χ2v) is 9.11. The first-order valence-corrected chi connectivity index (χ1v) is 10.6. The van der Waals surface area contributed by atoms with Gasteiger partial charge in [-0.3, -0.25) is 0 Å². The molecule has 2 heterocycles. The van der Waals surface area contributed by atoms with Crippen LogP contribution in [-0.2, 0) is 3.79 Å². The lowest BCUT2D eigenvalue weighted by molar-refractivity contribution is -0.274. The van der Waals surface area contributed by atoms with Crippen molar-refractivity contribution in [2.45, 2.75) is 29.4 Å². The van der Waals surface area contributed by atoms with Gasteiger partial charge in [0.05, 0.1) is 0 Å². The molecule has 1 aliphatic heterocycles. The van der Waals surface area contributed by atoms with E-state index in [0.29, 0.717) is 12.2 Å². The van der Waals surface area contributed by atoms with Crippen LogP contribution >= 0.6 is 34.8 Å². The van der Waals surface area contributed by atoms with Gasteiger partial charge in [0.1, 0.15) is 5.75 Å². The normalized spacial score (nSPS) is 15.2. The van der Waals surface area contributed by atoms with E-state index in [1.54, 1.807) is 0 Å². The first-order chi connectivity index (χ1) is 14.6. The van der Waals surface area contributed by atoms with Crippen LogP contribution in [0.2, 0.25) is 0 Å². The van der Waals surface area contributed by atoms with Crippen LogP contribution in [0.15, 0.2) is 24.3 Å². The average Bonchev–Trinajstić information content (AvgIpc) is 3.18. The van der Waals surface area contributed by atoms with E-state index in [4.69, 9.17) is 34.8 Å². The maximum atomic E-state index is 12.3. The minimum absolute atomic E-state index is 0.0721. The molecule has 1 fully saturated rings. The summed E-state index contributed by atoms with van der Waals surface area (Å²) >= 11 is 17.8. The molecule has 31 heavy (non-hydrogen) atoms. The van der Waals surface area contributed by atoms with E-state index >= 15 is 0 Å². The van der Waals surface area contributed by atoms with Gasteiger partial charge >= 0.3 is 6.36 Å². The maximum Gasteiger partial charge on any atom is 0.573 e. The molecule has 0 bridgehead atoms. The Morgan fingerprint density at radius 1 is 0.968 bits per heavy atom. The Bertz CT molecular complexity index is 858. The Labute approximate surface area is 192 Å². The molecule has 3 rings (SSSR count). The highest BCUT2D eigenvalue weighted by molar-refractivity contribution is 6.66. The summed E-state index contributed by atoms with van der Waals surface area (Å²) in [4.78, 5) is 14.9. The average molecular weight is 500 g/mol. The Balaban J connectivity index is 1.66. The van der Waals surface area contributed by atoms with Gasteiger partial charge in [-0.1, -0.05) is 34.8 Å². The van der Waals surface area contributed by atoms with Crippen molar-refractivity contribution in [3.63, 3.8) is 0 Å². The summed E-state index contributed by atoms with van der Waals surface area (Å²) in [7, 11) is 0. The molecule has 1 aliphatic rings. The number of ether oxygens (including phenoxy) is 1. The lowest BCUT2D eigenvalue weighted by Gasteiger charge is -2.16. The summed E-state index contributed by atoms with van der Waals surface area (Å²) in [5.41, 5.74) is 0.413. The monoisotopic (exact) mass is 498 g/mol. The molecule has 170 valence electrons. The molecule has 1 aromatic carbocycles. The van der Waals surface area contributed by atoms with Gasteiger partial charge in [-0.05, 0) is 63.2 Å². The lowest BCUT2D eigenvalue weighted by atomic mass is 10.3. The Hall–Kier alpha value is -1.75. The van der Waals surface area contributed by atoms with Crippen LogP contribution in [0, 0.1) is 0 Å². The van der Waals surface area contributed by atoms with Crippen LogP contribution in [-0.4, -0.2) is 52.4 Å². The predicted molar refractivity (Wildman–Crippen MR) is 114 cm³/mol. The molecule has 0 atom stereocenters. The number of alkyl halides is 6. The van der Waals surface area contributed by atoms with Gasteiger partial charge in [0.15, 0.2) is 5.82 Å². The number of hydrogen-bond acceptors (Lipinski definition) is 7. The number of rotatable bonds is 8. The number of anilines is 3. The molecule has 0 unspecified atom stereocenters. The van der Waals surface area contributed by atoms with Crippen molar-refractivity contribution in [3.8, 4) is 5.75 Å². The van der Waals surface area contributed by atoms with Crippen molar-refractivity contribution < 1.29 is 17.9 Å². The largest absolute Gasteiger partial charge is 0.573 e. The van der Waals surface area contributed by atoms with Gasteiger partial charge < -0.3 is 20.3 Å². The summed E-state index contributed by atoms with van der Waals surface area (Å²) in [6.07, 6.45) is -1.42. The highest BCUT2D eigenvalue weighted by Gasteiger charge is 2.31. The van der Waals surface area contributed by atoms with Crippen molar-refractivity contribution in [2.24, 2.45) is 0 Å². The van der Waals surface area contributed by atoms with Crippen molar-refractivity contribution in [2.75, 3.05) is 36.8 Å². The molecule has 1 aromatic heterocycles. The maximum absolute atomic E-state index is 12.3. The molecule has 2 N–H and O–H groups in total. The van der Waals surface area contributed by atoms with E-state index < -0.39 is 10.2 Å². The predicted octanol–water partition coefficient (Wildman–Crippen LogP) is 5.24. The van der Waals surface area contributed by atoms with Crippen molar-refractivity contribution in [1.29, 1.82) is 0 Å². The minimum Gasteiger partial charge on any atom is -0.406 e. The zero-order valence-electron chi connectivity index (χ0n) is 16.2. The summed E-state index contributed by atoms with van der Waals surface area (Å²) < 4.78 is 38.8. The SMILES string of the molecule is FC(F)(F)Oc1ccc(Nc2nc(NCCCN3CCCC3)nc(C(Cl)(Cl)Cl)n2)cc1. The third kappa shape index (κ3) is 8.03. The third-order valence-electron chi connectivity index (χ3n) is 4.37. The summed E-state index contributed by atoms with van der Waals surface area (Å²) in [6.45, 7) is 3.81. The second-order valence-electron chi connectivity index (χ2n) is 6.83. The van der Waals surface area contributed by atoms with E-state index in [1.807, 2.05) is 0 Å². The summed E-state index contributed by atoms with van der Waals surface area (Å²) in [5, 5.41) is 5.95. The fourth-order valence-corrected chi connectivity index (χ4v) is 3.27.